The van der Waals surface area contributed by atoms with E-state index in [9.17, 15) is 0 Å². The van der Waals surface area contributed by atoms with Crippen molar-refractivity contribution in [1.29, 1.82) is 0 Å². The first-order valence-corrected chi connectivity index (χ1v) is 2.81. The second kappa shape index (κ2) is 2.14. The van der Waals surface area contributed by atoms with Crippen molar-refractivity contribution in [1.82, 2.24) is 15.0 Å². The molecule has 9 heavy (non-hydrogen) atoms. The van der Waals surface area contributed by atoms with Gasteiger partial charge in [-0.2, -0.15) is 0 Å². The second-order valence-electron chi connectivity index (χ2n) is 1.95. The molecule has 0 radical (unpaired) electrons. The fourth-order valence-corrected chi connectivity index (χ4v) is 0.760. The minimum atomic E-state index is 0.509. The highest BCUT2D eigenvalue weighted by molar-refractivity contribution is 5.06. The van der Waals surface area contributed by atoms with E-state index in [1.807, 2.05) is 14.0 Å². The molecule has 1 aromatic heterocycles. The van der Waals surface area contributed by atoms with Crippen molar-refractivity contribution >= 4 is 0 Å². The van der Waals surface area contributed by atoms with Crippen LogP contribution in [0.5, 0.6) is 0 Å². The maximum atomic E-state index is 5.40. The summed E-state index contributed by atoms with van der Waals surface area (Å²) in [4.78, 5) is 0. The Morgan fingerprint density at radius 1 is 1.67 bits per heavy atom. The van der Waals surface area contributed by atoms with Gasteiger partial charge in [-0.15, -0.1) is 5.10 Å². The van der Waals surface area contributed by atoms with Gasteiger partial charge in [0.25, 0.3) is 0 Å². The normalized spacial score (nSPS) is 10.1. The Morgan fingerprint density at radius 3 is 2.56 bits per heavy atom. The Hall–Kier alpha value is -0.900. The van der Waals surface area contributed by atoms with Gasteiger partial charge in [-0.1, -0.05) is 5.21 Å². The summed E-state index contributed by atoms with van der Waals surface area (Å²) < 4.78 is 1.69. The van der Waals surface area contributed by atoms with Crippen LogP contribution in [0.2, 0.25) is 0 Å². The van der Waals surface area contributed by atoms with Crippen LogP contribution >= 0.6 is 0 Å². The molecule has 0 aliphatic heterocycles. The topological polar surface area (TPSA) is 56.7 Å². The summed E-state index contributed by atoms with van der Waals surface area (Å²) in [5, 5.41) is 7.59. The number of rotatable bonds is 1. The van der Waals surface area contributed by atoms with Gasteiger partial charge >= 0.3 is 0 Å². The fraction of sp³-hybridized carbons (Fsp3) is 0.600. The molecule has 1 aromatic rings. The maximum Gasteiger partial charge on any atom is 0.0841 e. The smallest absolute Gasteiger partial charge is 0.0841 e. The van der Waals surface area contributed by atoms with Gasteiger partial charge in [0.15, 0.2) is 0 Å². The number of hydrogen-bond acceptors (Lipinski definition) is 3. The van der Waals surface area contributed by atoms with Crippen molar-refractivity contribution in [3.63, 3.8) is 0 Å². The molecule has 4 heteroatoms. The first-order valence-electron chi connectivity index (χ1n) is 2.81. The third-order valence-corrected chi connectivity index (χ3v) is 1.33. The molecular weight excluding hydrogens is 116 g/mol. The average Bonchev–Trinajstić information content (AvgIpc) is 2.12. The quantitative estimate of drug-likeness (QED) is 0.556. The highest BCUT2D eigenvalue weighted by Gasteiger charge is 2.01. The van der Waals surface area contributed by atoms with Crippen molar-refractivity contribution in [2.24, 2.45) is 12.8 Å². The van der Waals surface area contributed by atoms with Crippen LogP contribution in [0.15, 0.2) is 0 Å². The molecule has 0 aliphatic carbocycles. The molecular formula is C5H10N4. The molecule has 0 atom stereocenters. The first-order chi connectivity index (χ1) is 4.25. The van der Waals surface area contributed by atoms with Gasteiger partial charge in [-0.05, 0) is 6.92 Å². The van der Waals surface area contributed by atoms with Crippen LogP contribution < -0.4 is 5.73 Å². The van der Waals surface area contributed by atoms with E-state index in [-0.39, 0.29) is 0 Å². The zero-order valence-electron chi connectivity index (χ0n) is 5.63. The standard InChI is InChI=1S/C5H10N4/c1-4-5(3-6)9(2)8-7-4/h3,6H2,1-2H3. The highest BCUT2D eigenvalue weighted by atomic mass is 15.4. The summed E-state index contributed by atoms with van der Waals surface area (Å²) in [6.07, 6.45) is 0. The van der Waals surface area contributed by atoms with E-state index in [0.717, 1.165) is 11.4 Å². The molecule has 0 spiro atoms. The van der Waals surface area contributed by atoms with Crippen LogP contribution in [0.25, 0.3) is 0 Å². The van der Waals surface area contributed by atoms with Gasteiger partial charge in [0.2, 0.25) is 0 Å². The van der Waals surface area contributed by atoms with Crippen LogP contribution in [0.3, 0.4) is 0 Å². The Bertz CT molecular complexity index is 183. The molecule has 4 nitrogen and oxygen atoms in total. The van der Waals surface area contributed by atoms with Crippen molar-refractivity contribution in [2.45, 2.75) is 13.5 Å². The molecule has 0 aromatic carbocycles. The van der Waals surface area contributed by atoms with Gasteiger partial charge in [0.1, 0.15) is 0 Å². The summed E-state index contributed by atoms with van der Waals surface area (Å²) in [7, 11) is 1.84. The van der Waals surface area contributed by atoms with E-state index in [1.165, 1.54) is 0 Å². The number of hydrogen-bond donors (Lipinski definition) is 1. The predicted molar refractivity (Wildman–Crippen MR) is 33.6 cm³/mol. The third kappa shape index (κ3) is 0.929. The van der Waals surface area contributed by atoms with E-state index in [4.69, 9.17) is 5.73 Å². The van der Waals surface area contributed by atoms with Crippen molar-refractivity contribution in [2.75, 3.05) is 0 Å². The SMILES string of the molecule is Cc1nnn(C)c1CN. The van der Waals surface area contributed by atoms with Crippen LogP contribution in [-0.4, -0.2) is 15.0 Å². The van der Waals surface area contributed by atoms with Crippen LogP contribution in [0.4, 0.5) is 0 Å². The molecule has 0 bridgehead atoms. The van der Waals surface area contributed by atoms with Crippen molar-refractivity contribution < 1.29 is 0 Å². The van der Waals surface area contributed by atoms with Gasteiger partial charge in [-0.25, -0.2) is 0 Å². The lowest BCUT2D eigenvalue weighted by atomic mass is 10.3. The lowest BCUT2D eigenvalue weighted by Gasteiger charge is -1.93. The van der Waals surface area contributed by atoms with E-state index < -0.39 is 0 Å². The summed E-state index contributed by atoms with van der Waals surface area (Å²) in [5.41, 5.74) is 7.31. The molecule has 1 heterocycles. The van der Waals surface area contributed by atoms with E-state index in [0.29, 0.717) is 6.54 Å². The van der Waals surface area contributed by atoms with Crippen LogP contribution in [-0.2, 0) is 13.6 Å². The summed E-state index contributed by atoms with van der Waals surface area (Å²) in [5.74, 6) is 0. The molecule has 0 saturated carbocycles. The highest BCUT2D eigenvalue weighted by Crippen LogP contribution is 1.98. The molecule has 0 amide bonds. The van der Waals surface area contributed by atoms with Gasteiger partial charge in [0.05, 0.1) is 11.4 Å². The Labute approximate surface area is 53.7 Å². The van der Waals surface area contributed by atoms with Gasteiger partial charge in [-0.3, -0.25) is 4.68 Å². The minimum Gasteiger partial charge on any atom is -0.325 e. The summed E-state index contributed by atoms with van der Waals surface area (Å²) in [6.45, 7) is 2.41. The zero-order chi connectivity index (χ0) is 6.85. The molecule has 0 unspecified atom stereocenters. The number of nitrogens with two attached hydrogens (primary N) is 1. The molecule has 0 fully saturated rings. The van der Waals surface area contributed by atoms with E-state index in [2.05, 4.69) is 10.3 Å². The predicted octanol–water partition coefficient (Wildman–Crippen LogP) is -0.418. The van der Waals surface area contributed by atoms with Gasteiger partial charge < -0.3 is 5.73 Å². The van der Waals surface area contributed by atoms with Crippen molar-refractivity contribution in [3.05, 3.63) is 11.4 Å². The first kappa shape index (κ1) is 6.22. The molecule has 50 valence electrons. The molecule has 0 aliphatic rings. The molecule has 2 N–H and O–H groups in total. The lowest BCUT2D eigenvalue weighted by molar-refractivity contribution is 0.678. The maximum absolute atomic E-state index is 5.40. The van der Waals surface area contributed by atoms with Gasteiger partial charge in [0, 0.05) is 13.6 Å². The van der Waals surface area contributed by atoms with Crippen LogP contribution in [0, 0.1) is 6.92 Å². The summed E-state index contributed by atoms with van der Waals surface area (Å²) >= 11 is 0. The Kier molecular flexibility index (Phi) is 1.48. The van der Waals surface area contributed by atoms with E-state index in [1.54, 1.807) is 4.68 Å². The monoisotopic (exact) mass is 126 g/mol. The largest absolute Gasteiger partial charge is 0.325 e. The molecule has 0 saturated heterocycles. The number of aromatic nitrogens is 3. The lowest BCUT2D eigenvalue weighted by Crippen LogP contribution is -2.05. The average molecular weight is 126 g/mol. The Balaban J connectivity index is 3.07. The third-order valence-electron chi connectivity index (χ3n) is 1.33. The Morgan fingerprint density at radius 2 is 2.33 bits per heavy atom. The molecule has 1 rings (SSSR count). The fourth-order valence-electron chi connectivity index (χ4n) is 0.760. The number of aryl methyl sites for hydroxylation is 2. The van der Waals surface area contributed by atoms with Crippen LogP contribution in [0.1, 0.15) is 11.4 Å². The zero-order valence-corrected chi connectivity index (χ0v) is 5.63. The van der Waals surface area contributed by atoms with Crippen molar-refractivity contribution in [3.8, 4) is 0 Å². The second-order valence-corrected chi connectivity index (χ2v) is 1.95. The minimum absolute atomic E-state index is 0.509. The van der Waals surface area contributed by atoms with E-state index >= 15 is 0 Å². The summed E-state index contributed by atoms with van der Waals surface area (Å²) in [6, 6.07) is 0. The number of nitrogens with zero attached hydrogens (tertiary/aromatic N) is 3.